The van der Waals surface area contributed by atoms with Crippen LogP contribution in [0, 0.1) is 0 Å². The smallest absolute Gasteiger partial charge is 0.238 e. The molecule has 0 aliphatic carbocycles. The van der Waals surface area contributed by atoms with Crippen LogP contribution in [-0.4, -0.2) is 32.7 Å². The lowest BCUT2D eigenvalue weighted by atomic mass is 10.1. The molecule has 1 aromatic carbocycles. The molecule has 0 unspecified atom stereocenters. The fourth-order valence-corrected chi connectivity index (χ4v) is 4.45. The van der Waals surface area contributed by atoms with E-state index in [4.69, 9.17) is 4.42 Å². The maximum atomic E-state index is 12.3. The molecule has 6 nitrogen and oxygen atoms in total. The topological polar surface area (TPSA) is 88.4 Å². The first-order valence-electron chi connectivity index (χ1n) is 8.24. The van der Waals surface area contributed by atoms with Gasteiger partial charge < -0.3 is 9.73 Å². The number of furan rings is 1. The molecule has 0 radical (unpaired) electrons. The van der Waals surface area contributed by atoms with Gasteiger partial charge >= 0.3 is 0 Å². The van der Waals surface area contributed by atoms with E-state index < -0.39 is 21.2 Å². The number of hydrogen-bond acceptors (Lipinski definition) is 5. The molecule has 1 aliphatic rings. The van der Waals surface area contributed by atoms with Gasteiger partial charge in [0.15, 0.2) is 0 Å². The van der Waals surface area contributed by atoms with Gasteiger partial charge in [0.2, 0.25) is 15.9 Å². The van der Waals surface area contributed by atoms with Crippen LogP contribution in [0.4, 0.5) is 0 Å². The monoisotopic (exact) mass is 350 g/mol. The van der Waals surface area contributed by atoms with Crippen LogP contribution in [0.2, 0.25) is 0 Å². The Bertz CT molecular complexity index is 835. The van der Waals surface area contributed by atoms with Crippen LogP contribution in [0.15, 0.2) is 28.9 Å². The zero-order chi connectivity index (χ0) is 17.2. The molecule has 0 bridgehead atoms. The van der Waals surface area contributed by atoms with E-state index in [0.717, 1.165) is 23.0 Å². The predicted octanol–water partition coefficient (Wildman–Crippen LogP) is 1.74. The molecule has 1 amide bonds. The highest BCUT2D eigenvalue weighted by atomic mass is 32.2. The van der Waals surface area contributed by atoms with Crippen LogP contribution in [0.3, 0.4) is 0 Å². The van der Waals surface area contributed by atoms with E-state index in [9.17, 15) is 13.2 Å². The maximum absolute atomic E-state index is 12.3. The van der Waals surface area contributed by atoms with E-state index in [0.29, 0.717) is 31.5 Å². The maximum Gasteiger partial charge on any atom is 0.238 e. The van der Waals surface area contributed by atoms with E-state index in [1.807, 2.05) is 18.2 Å². The number of piperidine rings is 1. The average molecular weight is 350 g/mol. The number of hydrogen-bond donors (Lipinski definition) is 2. The summed E-state index contributed by atoms with van der Waals surface area (Å²) in [6.45, 7) is 3.38. The summed E-state index contributed by atoms with van der Waals surface area (Å²) in [4.78, 5) is 12.2. The fourth-order valence-electron chi connectivity index (χ4n) is 3.04. The average Bonchev–Trinajstić information content (AvgIpc) is 2.97. The molecule has 0 atom stereocenters. The lowest BCUT2D eigenvalue weighted by Crippen LogP contribution is -2.44. The van der Waals surface area contributed by atoms with Gasteiger partial charge in [-0.15, -0.1) is 0 Å². The second kappa shape index (κ2) is 6.94. The fraction of sp³-hybridized carbons (Fsp3) is 0.471. The van der Waals surface area contributed by atoms with Crippen LogP contribution in [0.5, 0.6) is 0 Å². The first kappa shape index (κ1) is 17.0. The summed E-state index contributed by atoms with van der Waals surface area (Å²) in [6, 6.07) is 5.86. The molecular formula is C17H22N2O4S. The summed E-state index contributed by atoms with van der Waals surface area (Å²) in [5.74, 6) is -0.518. The first-order valence-corrected chi connectivity index (χ1v) is 9.78. The number of amides is 1. The Morgan fingerprint density at radius 1 is 1.33 bits per heavy atom. The first-order chi connectivity index (χ1) is 11.5. The number of rotatable bonds is 5. The molecule has 7 heteroatoms. The second-order valence-corrected chi connectivity index (χ2v) is 8.10. The van der Waals surface area contributed by atoms with Crippen LogP contribution in [-0.2, 0) is 27.7 Å². The molecule has 1 fully saturated rings. The van der Waals surface area contributed by atoms with Gasteiger partial charge in [0.05, 0.1) is 17.9 Å². The minimum absolute atomic E-state index is 0.0112. The molecule has 2 N–H and O–H groups in total. The van der Waals surface area contributed by atoms with Gasteiger partial charge in [0, 0.05) is 10.9 Å². The summed E-state index contributed by atoms with van der Waals surface area (Å²) in [6.07, 6.45) is 3.47. The van der Waals surface area contributed by atoms with Crippen LogP contribution in [0.1, 0.15) is 30.9 Å². The van der Waals surface area contributed by atoms with Crippen molar-refractivity contribution in [2.75, 3.05) is 13.1 Å². The van der Waals surface area contributed by atoms with Crippen molar-refractivity contribution in [3.63, 3.8) is 0 Å². The molecule has 2 heterocycles. The summed E-state index contributed by atoms with van der Waals surface area (Å²) in [5.41, 5.74) is 2.57. The summed E-state index contributed by atoms with van der Waals surface area (Å²) < 4.78 is 32.3. The predicted molar refractivity (Wildman–Crippen MR) is 92.3 cm³/mol. The van der Waals surface area contributed by atoms with Gasteiger partial charge in [-0.25, -0.2) is 8.42 Å². The normalized spacial score (nSPS) is 16.4. The largest absolute Gasteiger partial charge is 0.464 e. The number of fused-ring (bicyclic) bond motifs is 1. The Labute approximate surface area is 141 Å². The lowest BCUT2D eigenvalue weighted by Gasteiger charge is -2.22. The molecule has 1 aromatic heterocycles. The van der Waals surface area contributed by atoms with E-state index in [2.05, 4.69) is 17.0 Å². The van der Waals surface area contributed by atoms with Crippen molar-refractivity contribution < 1.29 is 17.6 Å². The van der Waals surface area contributed by atoms with E-state index >= 15 is 0 Å². The van der Waals surface area contributed by atoms with Crippen LogP contribution >= 0.6 is 0 Å². The third kappa shape index (κ3) is 3.62. The number of carbonyl (C=O) groups is 1. The summed E-state index contributed by atoms with van der Waals surface area (Å²) in [5, 5.41) is 3.46. The standard InChI is InChI=1S/C17H22N2O4S/c1-2-12-3-4-15-13(11-23-16(15)9-12)10-17(20)19-24(21,22)14-5-7-18-8-6-14/h3-4,9,11,14,18H,2,5-8,10H2,1H3,(H,19,20). The van der Waals surface area contributed by atoms with Crippen molar-refractivity contribution in [3.8, 4) is 0 Å². The third-order valence-corrected chi connectivity index (χ3v) is 6.32. The lowest BCUT2D eigenvalue weighted by molar-refractivity contribution is -0.118. The molecule has 3 rings (SSSR count). The van der Waals surface area contributed by atoms with Crippen molar-refractivity contribution in [2.24, 2.45) is 0 Å². The van der Waals surface area contributed by atoms with Crippen molar-refractivity contribution in [1.29, 1.82) is 0 Å². The van der Waals surface area contributed by atoms with E-state index in [-0.39, 0.29) is 6.42 Å². The number of nitrogens with one attached hydrogen (secondary N) is 2. The Kier molecular flexibility index (Phi) is 4.91. The van der Waals surface area contributed by atoms with Gasteiger partial charge in [-0.1, -0.05) is 19.1 Å². The zero-order valence-electron chi connectivity index (χ0n) is 13.7. The number of sulfonamides is 1. The second-order valence-electron chi connectivity index (χ2n) is 6.14. The van der Waals surface area contributed by atoms with Gasteiger partial charge in [-0.2, -0.15) is 0 Å². The third-order valence-electron chi connectivity index (χ3n) is 4.46. The minimum Gasteiger partial charge on any atom is -0.464 e. The van der Waals surface area contributed by atoms with Crippen LogP contribution < -0.4 is 10.0 Å². The van der Waals surface area contributed by atoms with E-state index in [1.54, 1.807) is 0 Å². The molecule has 1 saturated heterocycles. The zero-order valence-corrected chi connectivity index (χ0v) is 14.5. The minimum atomic E-state index is -3.62. The number of aryl methyl sites for hydroxylation is 1. The van der Waals surface area contributed by atoms with Crippen molar-refractivity contribution in [2.45, 2.75) is 37.9 Å². The Balaban J connectivity index is 1.70. The highest BCUT2D eigenvalue weighted by molar-refractivity contribution is 7.90. The molecule has 0 spiro atoms. The molecule has 24 heavy (non-hydrogen) atoms. The van der Waals surface area contributed by atoms with Gasteiger partial charge in [-0.05, 0) is 44.0 Å². The molecule has 2 aromatic rings. The summed E-state index contributed by atoms with van der Waals surface area (Å²) in [7, 11) is -3.62. The molecular weight excluding hydrogens is 328 g/mol. The highest BCUT2D eigenvalue weighted by Crippen LogP contribution is 2.23. The van der Waals surface area contributed by atoms with Crippen molar-refractivity contribution >= 4 is 26.9 Å². The van der Waals surface area contributed by atoms with Gasteiger partial charge in [0.25, 0.3) is 0 Å². The SMILES string of the molecule is CCc1ccc2c(CC(=O)NS(=O)(=O)C3CCNCC3)coc2c1. The van der Waals surface area contributed by atoms with Crippen molar-refractivity contribution in [1.82, 2.24) is 10.0 Å². The number of carbonyl (C=O) groups excluding carboxylic acids is 1. The number of benzene rings is 1. The van der Waals surface area contributed by atoms with Crippen LogP contribution in [0.25, 0.3) is 11.0 Å². The summed E-state index contributed by atoms with van der Waals surface area (Å²) >= 11 is 0. The Hall–Kier alpha value is -1.86. The van der Waals surface area contributed by atoms with Crippen molar-refractivity contribution in [3.05, 3.63) is 35.6 Å². The Morgan fingerprint density at radius 3 is 2.79 bits per heavy atom. The molecule has 130 valence electrons. The van der Waals surface area contributed by atoms with Gasteiger partial charge in [-0.3, -0.25) is 9.52 Å². The molecule has 0 saturated carbocycles. The Morgan fingerprint density at radius 2 is 2.08 bits per heavy atom. The highest BCUT2D eigenvalue weighted by Gasteiger charge is 2.28. The van der Waals surface area contributed by atoms with Gasteiger partial charge in [0.1, 0.15) is 5.58 Å². The molecule has 1 aliphatic heterocycles. The van der Waals surface area contributed by atoms with E-state index in [1.165, 1.54) is 6.26 Å². The quantitative estimate of drug-likeness (QED) is 0.857.